The van der Waals surface area contributed by atoms with Crippen LogP contribution in [0, 0.1) is 11.3 Å². The standard InChI is InChI=1S/C10H7ClN2.C3H6O2/c11-9-1-2-10-8(7-9)3-5-13(10)6-4-12;1-2-5-3-4/h1-3,5,7H,6H2;3H,2H2,1H3. The highest BCUT2D eigenvalue weighted by atomic mass is 35.5. The van der Waals surface area contributed by atoms with E-state index in [4.69, 9.17) is 16.9 Å². The molecule has 0 N–H and O–H groups in total. The van der Waals surface area contributed by atoms with Crippen LogP contribution in [0.25, 0.3) is 10.9 Å². The van der Waals surface area contributed by atoms with Crippen LogP contribution in [0.1, 0.15) is 6.92 Å². The van der Waals surface area contributed by atoms with Crippen LogP contribution >= 0.6 is 11.6 Å². The third-order valence-corrected chi connectivity index (χ3v) is 2.44. The summed E-state index contributed by atoms with van der Waals surface area (Å²) in [5.41, 5.74) is 1.05. The van der Waals surface area contributed by atoms with Gasteiger partial charge in [0.25, 0.3) is 6.47 Å². The summed E-state index contributed by atoms with van der Waals surface area (Å²) in [5, 5.41) is 10.4. The Balaban J connectivity index is 0.000000280. The predicted molar refractivity (Wildman–Crippen MR) is 70.3 cm³/mol. The Kier molecular flexibility index (Phi) is 5.75. The molecule has 0 fully saturated rings. The molecule has 0 atom stereocenters. The summed E-state index contributed by atoms with van der Waals surface area (Å²) in [7, 11) is 0. The Morgan fingerprint density at radius 1 is 1.50 bits per heavy atom. The van der Waals surface area contributed by atoms with Gasteiger partial charge in [0.05, 0.1) is 12.7 Å². The minimum Gasteiger partial charge on any atom is -0.468 e. The molecular weight excluding hydrogens is 252 g/mol. The van der Waals surface area contributed by atoms with Gasteiger partial charge in [0, 0.05) is 22.1 Å². The lowest BCUT2D eigenvalue weighted by Gasteiger charge is -1.97. The lowest BCUT2D eigenvalue weighted by molar-refractivity contribution is -0.128. The largest absolute Gasteiger partial charge is 0.468 e. The van der Waals surface area contributed by atoms with Crippen LogP contribution in [0.3, 0.4) is 0 Å². The highest BCUT2D eigenvalue weighted by Crippen LogP contribution is 2.20. The Morgan fingerprint density at radius 3 is 2.83 bits per heavy atom. The van der Waals surface area contributed by atoms with Gasteiger partial charge in [0.2, 0.25) is 0 Å². The van der Waals surface area contributed by atoms with Crippen molar-refractivity contribution < 1.29 is 9.53 Å². The molecule has 0 aliphatic rings. The molecule has 0 saturated heterocycles. The molecule has 0 saturated carbocycles. The fourth-order valence-electron chi connectivity index (χ4n) is 1.45. The van der Waals surface area contributed by atoms with Crippen LogP contribution in [0.2, 0.25) is 5.02 Å². The molecule has 1 aromatic heterocycles. The average Bonchev–Trinajstić information content (AvgIpc) is 2.74. The zero-order valence-electron chi connectivity index (χ0n) is 9.97. The summed E-state index contributed by atoms with van der Waals surface area (Å²) in [6, 6.07) is 9.71. The van der Waals surface area contributed by atoms with Crippen molar-refractivity contribution >= 4 is 29.0 Å². The van der Waals surface area contributed by atoms with E-state index in [0.717, 1.165) is 15.9 Å². The van der Waals surface area contributed by atoms with E-state index in [1.165, 1.54) is 0 Å². The van der Waals surface area contributed by atoms with Gasteiger partial charge in [-0.25, -0.2) is 0 Å². The molecule has 1 aromatic carbocycles. The number of rotatable bonds is 3. The number of halogens is 1. The smallest absolute Gasteiger partial charge is 0.293 e. The van der Waals surface area contributed by atoms with Crippen molar-refractivity contribution in [3.8, 4) is 6.07 Å². The molecule has 0 aliphatic heterocycles. The Hall–Kier alpha value is -1.99. The Bertz CT molecular complexity index is 558. The third kappa shape index (κ3) is 3.79. The highest BCUT2D eigenvalue weighted by Gasteiger charge is 1.99. The number of hydrogen-bond donors (Lipinski definition) is 0. The van der Waals surface area contributed by atoms with Crippen LogP contribution in [0.5, 0.6) is 0 Å². The van der Waals surface area contributed by atoms with E-state index < -0.39 is 0 Å². The lowest BCUT2D eigenvalue weighted by Crippen LogP contribution is -1.91. The van der Waals surface area contributed by atoms with Crippen LogP contribution in [-0.4, -0.2) is 17.6 Å². The molecule has 94 valence electrons. The molecule has 0 spiro atoms. The van der Waals surface area contributed by atoms with Gasteiger partial charge in [-0.1, -0.05) is 11.6 Å². The second-order valence-corrected chi connectivity index (χ2v) is 3.79. The summed E-state index contributed by atoms with van der Waals surface area (Å²) in [5.74, 6) is 0. The maximum absolute atomic E-state index is 9.18. The van der Waals surface area contributed by atoms with Crippen molar-refractivity contribution in [2.75, 3.05) is 6.61 Å². The van der Waals surface area contributed by atoms with E-state index in [1.807, 2.05) is 35.0 Å². The zero-order valence-corrected chi connectivity index (χ0v) is 10.7. The van der Waals surface area contributed by atoms with E-state index in [1.54, 1.807) is 6.92 Å². The zero-order chi connectivity index (χ0) is 13.4. The second-order valence-electron chi connectivity index (χ2n) is 3.36. The maximum atomic E-state index is 9.18. The predicted octanol–water partition coefficient (Wildman–Crippen LogP) is 3.00. The Morgan fingerprint density at radius 2 is 2.28 bits per heavy atom. The van der Waals surface area contributed by atoms with Crippen LogP contribution in [0.4, 0.5) is 0 Å². The number of carbonyl (C=O) groups excluding carboxylic acids is 1. The molecule has 18 heavy (non-hydrogen) atoms. The minimum absolute atomic E-state index is 0.380. The van der Waals surface area contributed by atoms with Gasteiger partial charge in [-0.15, -0.1) is 0 Å². The molecular formula is C13H13ClN2O2. The van der Waals surface area contributed by atoms with Crippen LogP contribution in [-0.2, 0) is 16.1 Å². The number of nitriles is 1. The molecule has 0 bridgehead atoms. The maximum Gasteiger partial charge on any atom is 0.293 e. The van der Waals surface area contributed by atoms with Gasteiger partial charge in [0.1, 0.15) is 6.54 Å². The normalized spacial score (nSPS) is 9.17. The number of ether oxygens (including phenoxy) is 1. The van der Waals surface area contributed by atoms with Crippen molar-refractivity contribution in [2.24, 2.45) is 0 Å². The molecule has 0 aliphatic carbocycles. The van der Waals surface area contributed by atoms with Gasteiger partial charge < -0.3 is 9.30 Å². The Labute approximate surface area is 110 Å². The number of nitrogens with zero attached hydrogens (tertiary/aromatic N) is 2. The third-order valence-electron chi connectivity index (χ3n) is 2.21. The van der Waals surface area contributed by atoms with Crippen LogP contribution in [0.15, 0.2) is 30.5 Å². The number of carbonyl (C=O) groups is 1. The van der Waals surface area contributed by atoms with E-state index >= 15 is 0 Å². The van der Waals surface area contributed by atoms with E-state index in [9.17, 15) is 4.79 Å². The molecule has 2 aromatic rings. The van der Waals surface area contributed by atoms with Crippen molar-refractivity contribution in [3.05, 3.63) is 35.5 Å². The number of fused-ring (bicyclic) bond motifs is 1. The summed E-state index contributed by atoms with van der Waals surface area (Å²) < 4.78 is 6.05. The van der Waals surface area contributed by atoms with Gasteiger partial charge >= 0.3 is 0 Å². The average molecular weight is 265 g/mol. The fourth-order valence-corrected chi connectivity index (χ4v) is 1.63. The summed E-state index contributed by atoms with van der Waals surface area (Å²) in [4.78, 5) is 9.18. The van der Waals surface area contributed by atoms with Crippen molar-refractivity contribution in [2.45, 2.75) is 13.5 Å². The summed E-state index contributed by atoms with van der Waals surface area (Å²) in [6.07, 6.45) is 1.89. The summed E-state index contributed by atoms with van der Waals surface area (Å²) in [6.45, 7) is 3.04. The first-order chi connectivity index (χ1) is 8.72. The SMILES string of the molecule is CCOC=O.N#CCn1ccc2cc(Cl)ccc21. The van der Waals surface area contributed by atoms with Crippen molar-refractivity contribution in [1.82, 2.24) is 4.57 Å². The van der Waals surface area contributed by atoms with E-state index in [0.29, 0.717) is 19.6 Å². The number of benzene rings is 1. The fraction of sp³-hybridized carbons (Fsp3) is 0.231. The first-order valence-corrected chi connectivity index (χ1v) is 5.77. The first kappa shape index (κ1) is 14.1. The van der Waals surface area contributed by atoms with Gasteiger partial charge in [-0.05, 0) is 31.2 Å². The molecule has 5 heteroatoms. The van der Waals surface area contributed by atoms with Gasteiger partial charge in [0.15, 0.2) is 0 Å². The quantitative estimate of drug-likeness (QED) is 0.801. The minimum atomic E-state index is 0.380. The topological polar surface area (TPSA) is 55.0 Å². The van der Waals surface area contributed by atoms with Gasteiger partial charge in [-0.2, -0.15) is 5.26 Å². The van der Waals surface area contributed by atoms with Crippen LogP contribution < -0.4 is 0 Å². The first-order valence-electron chi connectivity index (χ1n) is 5.39. The van der Waals surface area contributed by atoms with E-state index in [-0.39, 0.29) is 0 Å². The van der Waals surface area contributed by atoms with Crippen molar-refractivity contribution in [1.29, 1.82) is 5.26 Å². The molecule has 1 heterocycles. The molecule has 4 nitrogen and oxygen atoms in total. The molecule has 0 unspecified atom stereocenters. The van der Waals surface area contributed by atoms with Crippen molar-refractivity contribution in [3.63, 3.8) is 0 Å². The lowest BCUT2D eigenvalue weighted by atomic mass is 10.2. The highest BCUT2D eigenvalue weighted by molar-refractivity contribution is 6.31. The monoisotopic (exact) mass is 264 g/mol. The molecule has 2 rings (SSSR count). The van der Waals surface area contributed by atoms with E-state index in [2.05, 4.69) is 10.8 Å². The van der Waals surface area contributed by atoms with Gasteiger partial charge in [-0.3, -0.25) is 4.79 Å². The number of hydrogen-bond acceptors (Lipinski definition) is 3. The second kappa shape index (κ2) is 7.36. The molecule has 0 radical (unpaired) electrons. The summed E-state index contributed by atoms with van der Waals surface area (Å²) >= 11 is 5.83. The molecule has 0 amide bonds. The number of aromatic nitrogens is 1.